The highest BCUT2D eigenvalue weighted by atomic mass is 15.2. The van der Waals surface area contributed by atoms with Gasteiger partial charge in [-0.3, -0.25) is 7.05 Å². The topological polar surface area (TPSA) is 3.24 Å². The maximum atomic E-state index is 4.04. The second-order valence-corrected chi connectivity index (χ2v) is 3.66. The van der Waals surface area contributed by atoms with Gasteiger partial charge in [0.25, 0.3) is 0 Å². The maximum absolute atomic E-state index is 4.04. The second kappa shape index (κ2) is 1.85. The Morgan fingerprint density at radius 1 is 1.50 bits per heavy atom. The fraction of sp³-hybridized carbons (Fsp3) is 0.667. The van der Waals surface area contributed by atoms with Crippen molar-refractivity contribution in [3.05, 3.63) is 19.2 Å². The molecule has 0 radical (unpaired) electrons. The van der Waals surface area contributed by atoms with E-state index in [9.17, 15) is 0 Å². The van der Waals surface area contributed by atoms with Crippen molar-refractivity contribution >= 4 is 0 Å². The molecular formula is C9H14N-. The summed E-state index contributed by atoms with van der Waals surface area (Å²) in [6, 6.07) is 0. The first-order chi connectivity index (χ1) is 4.73. The van der Waals surface area contributed by atoms with E-state index in [0.29, 0.717) is 5.54 Å². The van der Waals surface area contributed by atoms with E-state index in [0.717, 1.165) is 13.0 Å². The van der Waals surface area contributed by atoms with Gasteiger partial charge in [-0.25, -0.2) is 0 Å². The smallest absolute Gasteiger partial charge is 0.00284 e. The number of hydrogen-bond acceptors (Lipinski definition) is 1. The molecule has 0 atom stereocenters. The fourth-order valence-corrected chi connectivity index (χ4v) is 1.83. The van der Waals surface area contributed by atoms with Gasteiger partial charge in [-0.15, -0.1) is 0 Å². The summed E-state index contributed by atoms with van der Waals surface area (Å²) in [5, 5.41) is 0. The van der Waals surface area contributed by atoms with E-state index in [2.05, 4.69) is 18.5 Å². The zero-order chi connectivity index (χ0) is 7.19. The van der Waals surface area contributed by atoms with Crippen molar-refractivity contribution in [3.63, 3.8) is 0 Å². The van der Waals surface area contributed by atoms with Gasteiger partial charge in [0.1, 0.15) is 0 Å². The SMILES string of the molecule is C=C1CCN([CH2-])C2(CC2)C1. The summed E-state index contributed by atoms with van der Waals surface area (Å²) in [6.07, 6.45) is 5.05. The van der Waals surface area contributed by atoms with Crippen molar-refractivity contribution in [2.24, 2.45) is 0 Å². The van der Waals surface area contributed by atoms with E-state index in [1.807, 2.05) is 0 Å². The number of nitrogens with zero attached hydrogens (tertiary/aromatic N) is 1. The number of hydrogen-bond donors (Lipinski definition) is 0. The van der Waals surface area contributed by atoms with Gasteiger partial charge in [0.05, 0.1) is 0 Å². The Labute approximate surface area is 62.7 Å². The van der Waals surface area contributed by atoms with Gasteiger partial charge in [0.15, 0.2) is 0 Å². The summed E-state index contributed by atoms with van der Waals surface area (Å²) >= 11 is 0. The molecule has 0 aromatic heterocycles. The van der Waals surface area contributed by atoms with Crippen molar-refractivity contribution in [1.29, 1.82) is 0 Å². The number of piperidine rings is 1. The fourth-order valence-electron chi connectivity index (χ4n) is 1.83. The van der Waals surface area contributed by atoms with Crippen LogP contribution in [0.1, 0.15) is 25.7 Å². The molecule has 1 saturated carbocycles. The molecular weight excluding hydrogens is 122 g/mol. The quantitative estimate of drug-likeness (QED) is 0.363. The van der Waals surface area contributed by atoms with E-state index in [1.54, 1.807) is 0 Å². The Morgan fingerprint density at radius 3 is 2.70 bits per heavy atom. The third-order valence-corrected chi connectivity index (χ3v) is 2.81. The molecule has 2 aliphatic rings. The first-order valence-corrected chi connectivity index (χ1v) is 3.98. The molecule has 56 valence electrons. The summed E-state index contributed by atoms with van der Waals surface area (Å²) < 4.78 is 0. The van der Waals surface area contributed by atoms with E-state index < -0.39 is 0 Å². The Morgan fingerprint density at radius 2 is 2.20 bits per heavy atom. The molecule has 0 N–H and O–H groups in total. The largest absolute Gasteiger partial charge is 0.453 e. The lowest BCUT2D eigenvalue weighted by molar-refractivity contribution is 0.222. The minimum Gasteiger partial charge on any atom is -0.453 e. The van der Waals surface area contributed by atoms with Crippen LogP contribution < -0.4 is 0 Å². The molecule has 1 spiro atoms. The first-order valence-electron chi connectivity index (χ1n) is 3.98. The minimum atomic E-state index is 0.481. The zero-order valence-electron chi connectivity index (χ0n) is 6.40. The lowest BCUT2D eigenvalue weighted by Crippen LogP contribution is -2.37. The van der Waals surface area contributed by atoms with Crippen LogP contribution in [0.15, 0.2) is 12.2 Å². The maximum Gasteiger partial charge on any atom is -0.00284 e. The van der Waals surface area contributed by atoms with Crippen LogP contribution in [-0.2, 0) is 0 Å². The molecule has 2 rings (SSSR count). The average molecular weight is 136 g/mol. The van der Waals surface area contributed by atoms with Crippen LogP contribution in [0.3, 0.4) is 0 Å². The second-order valence-electron chi connectivity index (χ2n) is 3.66. The predicted molar refractivity (Wildman–Crippen MR) is 42.4 cm³/mol. The van der Waals surface area contributed by atoms with Crippen LogP contribution in [0.2, 0.25) is 0 Å². The minimum absolute atomic E-state index is 0.481. The molecule has 0 amide bonds. The Bertz CT molecular complexity index is 168. The third-order valence-electron chi connectivity index (χ3n) is 2.81. The molecule has 0 aromatic carbocycles. The van der Waals surface area contributed by atoms with Crippen LogP contribution in [-0.4, -0.2) is 17.0 Å². The number of rotatable bonds is 0. The molecule has 10 heavy (non-hydrogen) atoms. The van der Waals surface area contributed by atoms with Gasteiger partial charge >= 0.3 is 0 Å². The summed E-state index contributed by atoms with van der Waals surface area (Å²) in [4.78, 5) is 2.27. The molecule has 1 heteroatoms. The van der Waals surface area contributed by atoms with E-state index in [1.165, 1.54) is 24.8 Å². The lowest BCUT2D eigenvalue weighted by Gasteiger charge is -2.40. The molecule has 0 bridgehead atoms. The molecule has 1 saturated heterocycles. The van der Waals surface area contributed by atoms with Crippen molar-refractivity contribution in [1.82, 2.24) is 4.90 Å². The standard InChI is InChI=1S/C9H14N/c1-8-3-6-10(2)9(7-8)4-5-9/h1-7H2/q-1. The van der Waals surface area contributed by atoms with E-state index >= 15 is 0 Å². The number of likely N-dealkylation sites (tertiary alicyclic amines) is 1. The van der Waals surface area contributed by atoms with Gasteiger partial charge in [-0.2, -0.15) is 0 Å². The van der Waals surface area contributed by atoms with E-state index in [4.69, 9.17) is 0 Å². The van der Waals surface area contributed by atoms with Gasteiger partial charge in [0, 0.05) is 0 Å². The summed E-state index contributed by atoms with van der Waals surface area (Å²) in [5.41, 5.74) is 1.91. The highest BCUT2D eigenvalue weighted by Crippen LogP contribution is 2.48. The van der Waals surface area contributed by atoms with Crippen molar-refractivity contribution < 1.29 is 0 Å². The van der Waals surface area contributed by atoms with Crippen molar-refractivity contribution in [2.45, 2.75) is 31.2 Å². The highest BCUT2D eigenvalue weighted by molar-refractivity contribution is 5.17. The summed E-state index contributed by atoms with van der Waals surface area (Å²) in [5.74, 6) is 0. The Hall–Kier alpha value is -0.300. The lowest BCUT2D eigenvalue weighted by atomic mass is 9.97. The van der Waals surface area contributed by atoms with Crippen LogP contribution in [0.5, 0.6) is 0 Å². The molecule has 1 heterocycles. The summed E-state index contributed by atoms with van der Waals surface area (Å²) in [7, 11) is 4.04. The molecule has 1 aliphatic carbocycles. The van der Waals surface area contributed by atoms with Gasteiger partial charge in [-0.05, 0) is 37.8 Å². The van der Waals surface area contributed by atoms with Gasteiger partial charge in [0.2, 0.25) is 0 Å². The van der Waals surface area contributed by atoms with Crippen molar-refractivity contribution in [2.75, 3.05) is 6.54 Å². The van der Waals surface area contributed by atoms with Crippen LogP contribution in [0.25, 0.3) is 0 Å². The van der Waals surface area contributed by atoms with Gasteiger partial charge < -0.3 is 4.90 Å². The molecule has 1 nitrogen and oxygen atoms in total. The highest BCUT2D eigenvalue weighted by Gasteiger charge is 2.44. The Kier molecular flexibility index (Phi) is 1.19. The van der Waals surface area contributed by atoms with Crippen LogP contribution in [0.4, 0.5) is 0 Å². The predicted octanol–water partition coefficient (Wildman–Crippen LogP) is 1.96. The van der Waals surface area contributed by atoms with Crippen LogP contribution in [0, 0.1) is 7.05 Å². The average Bonchev–Trinajstić information content (AvgIpc) is 2.62. The monoisotopic (exact) mass is 136 g/mol. The molecule has 2 fully saturated rings. The van der Waals surface area contributed by atoms with Crippen LogP contribution >= 0.6 is 0 Å². The van der Waals surface area contributed by atoms with Crippen molar-refractivity contribution in [3.8, 4) is 0 Å². The first kappa shape index (κ1) is 6.41. The van der Waals surface area contributed by atoms with Gasteiger partial charge in [-0.1, -0.05) is 12.2 Å². The Balaban J connectivity index is 2.10. The molecule has 0 aromatic rings. The zero-order valence-corrected chi connectivity index (χ0v) is 6.40. The molecule has 0 unspecified atom stereocenters. The summed E-state index contributed by atoms with van der Waals surface area (Å²) in [6.45, 7) is 5.15. The normalized spacial score (nSPS) is 31.1. The third kappa shape index (κ3) is 0.807. The molecule has 1 aliphatic heterocycles. The van der Waals surface area contributed by atoms with E-state index in [-0.39, 0.29) is 0 Å².